The first kappa shape index (κ1) is 26.0. The average molecular weight is 546 g/mol. The molecule has 0 aliphatic carbocycles. The second kappa shape index (κ2) is 11.6. The van der Waals surface area contributed by atoms with Gasteiger partial charge in [-0.15, -0.1) is 11.8 Å². The minimum atomic E-state index is -0.611. The highest BCUT2D eigenvalue weighted by Gasteiger charge is 2.28. The number of rotatable bonds is 8. The molecular formula is C23H27BrCl2N2O2S. The van der Waals surface area contributed by atoms with E-state index in [1.54, 1.807) is 30.0 Å². The lowest BCUT2D eigenvalue weighted by molar-refractivity contribution is -0.139. The molecule has 0 saturated heterocycles. The first-order chi connectivity index (χ1) is 14.5. The Balaban J connectivity index is 2.13. The third kappa shape index (κ3) is 8.33. The predicted octanol–water partition coefficient (Wildman–Crippen LogP) is 6.32. The molecule has 1 N–H and O–H groups in total. The number of amides is 2. The number of halogens is 3. The molecule has 4 nitrogen and oxygen atoms in total. The molecule has 0 radical (unpaired) electrons. The molecule has 0 saturated carbocycles. The summed E-state index contributed by atoms with van der Waals surface area (Å²) in [5, 5.41) is 4.13. The summed E-state index contributed by atoms with van der Waals surface area (Å²) in [4.78, 5) is 27.5. The van der Waals surface area contributed by atoms with Crippen LogP contribution in [0.3, 0.4) is 0 Å². The summed E-state index contributed by atoms with van der Waals surface area (Å²) in [5.41, 5.74) is 1.38. The number of benzene rings is 2. The molecule has 2 aromatic carbocycles. The van der Waals surface area contributed by atoms with Gasteiger partial charge in [0.2, 0.25) is 11.8 Å². The van der Waals surface area contributed by atoms with Crippen molar-refractivity contribution in [3.63, 3.8) is 0 Å². The van der Waals surface area contributed by atoms with E-state index in [1.165, 1.54) is 11.8 Å². The van der Waals surface area contributed by atoms with Gasteiger partial charge in [0.25, 0.3) is 0 Å². The lowest BCUT2D eigenvalue weighted by Crippen LogP contribution is -2.52. The smallest absolute Gasteiger partial charge is 0.242 e. The van der Waals surface area contributed by atoms with E-state index in [2.05, 4.69) is 21.2 Å². The first-order valence-electron chi connectivity index (χ1n) is 9.84. The molecule has 31 heavy (non-hydrogen) atoms. The second-order valence-corrected chi connectivity index (χ2v) is 11.0. The number of nitrogens with one attached hydrogen (secondary N) is 1. The van der Waals surface area contributed by atoms with E-state index in [4.69, 9.17) is 23.2 Å². The van der Waals surface area contributed by atoms with Crippen LogP contribution in [0.1, 0.15) is 38.8 Å². The van der Waals surface area contributed by atoms with Crippen LogP contribution >= 0.6 is 50.9 Å². The van der Waals surface area contributed by atoms with Crippen LogP contribution in [0, 0.1) is 0 Å². The summed E-state index contributed by atoms with van der Waals surface area (Å²) in [6.45, 7) is 7.86. The van der Waals surface area contributed by atoms with Crippen molar-refractivity contribution >= 4 is 62.7 Å². The Morgan fingerprint density at radius 1 is 1.10 bits per heavy atom. The number of hydrogen-bond acceptors (Lipinski definition) is 3. The van der Waals surface area contributed by atoms with Crippen LogP contribution in [-0.4, -0.2) is 34.0 Å². The third-order valence-corrected chi connectivity index (χ3v) is 6.65. The van der Waals surface area contributed by atoms with E-state index in [-0.39, 0.29) is 23.1 Å². The van der Waals surface area contributed by atoms with Gasteiger partial charge < -0.3 is 10.2 Å². The molecule has 0 bridgehead atoms. The molecule has 2 rings (SSSR count). The zero-order valence-electron chi connectivity index (χ0n) is 18.0. The number of nitrogens with zero attached hydrogens (tertiary/aromatic N) is 1. The SMILES string of the molecule is C[C@H](C(=O)NC(C)(C)C)N(Cc1ccc(Br)cc1)C(=O)CSCc1c(Cl)cccc1Cl. The summed E-state index contributed by atoms with van der Waals surface area (Å²) < 4.78 is 0.958. The monoisotopic (exact) mass is 544 g/mol. The van der Waals surface area contributed by atoms with Gasteiger partial charge in [0, 0.05) is 32.4 Å². The summed E-state index contributed by atoms with van der Waals surface area (Å²) in [6.07, 6.45) is 0. The highest BCUT2D eigenvalue weighted by Crippen LogP contribution is 2.28. The Hall–Kier alpha value is -1.21. The maximum absolute atomic E-state index is 13.1. The molecule has 168 valence electrons. The lowest BCUT2D eigenvalue weighted by atomic mass is 10.1. The highest BCUT2D eigenvalue weighted by molar-refractivity contribution is 9.10. The Labute approximate surface area is 207 Å². The number of thioether (sulfide) groups is 1. The predicted molar refractivity (Wildman–Crippen MR) is 135 cm³/mol. The molecule has 0 fully saturated rings. The largest absolute Gasteiger partial charge is 0.350 e. The standard InChI is InChI=1S/C23H27BrCl2N2O2S/c1-15(22(30)27-23(2,3)4)28(12-16-8-10-17(24)11-9-16)21(29)14-31-13-18-19(25)6-5-7-20(18)26/h5-11,15H,12-14H2,1-4H3,(H,27,30)/t15-/m1/s1. The number of carbonyl (C=O) groups is 2. The van der Waals surface area contributed by atoms with Crippen molar-refractivity contribution in [1.29, 1.82) is 0 Å². The molecule has 2 aromatic rings. The quantitative estimate of drug-likeness (QED) is 0.422. The summed E-state index contributed by atoms with van der Waals surface area (Å²) in [5.74, 6) is 0.425. The minimum Gasteiger partial charge on any atom is -0.350 e. The number of carbonyl (C=O) groups excluding carboxylic acids is 2. The maximum atomic E-state index is 13.1. The molecule has 0 unspecified atom stereocenters. The molecule has 0 aliphatic rings. The number of hydrogen-bond donors (Lipinski definition) is 1. The molecule has 0 aromatic heterocycles. The van der Waals surface area contributed by atoms with E-state index in [9.17, 15) is 9.59 Å². The van der Waals surface area contributed by atoms with E-state index in [0.29, 0.717) is 22.3 Å². The van der Waals surface area contributed by atoms with Gasteiger partial charge >= 0.3 is 0 Å². The van der Waals surface area contributed by atoms with Crippen LogP contribution in [0.2, 0.25) is 10.0 Å². The fourth-order valence-corrected chi connectivity index (χ4v) is 4.75. The van der Waals surface area contributed by atoms with Gasteiger partial charge in [0.05, 0.1) is 5.75 Å². The normalized spacial score (nSPS) is 12.4. The van der Waals surface area contributed by atoms with Crippen molar-refractivity contribution in [2.75, 3.05) is 5.75 Å². The van der Waals surface area contributed by atoms with Crippen molar-refractivity contribution < 1.29 is 9.59 Å². The van der Waals surface area contributed by atoms with Gasteiger partial charge in [-0.25, -0.2) is 0 Å². The van der Waals surface area contributed by atoms with Gasteiger partial charge in [-0.1, -0.05) is 57.3 Å². The van der Waals surface area contributed by atoms with Gasteiger partial charge in [0.15, 0.2) is 0 Å². The second-order valence-electron chi connectivity index (χ2n) is 8.26. The maximum Gasteiger partial charge on any atom is 0.242 e. The first-order valence-corrected chi connectivity index (χ1v) is 12.5. The molecule has 0 aliphatic heterocycles. The Morgan fingerprint density at radius 3 is 2.23 bits per heavy atom. The summed E-state index contributed by atoms with van der Waals surface area (Å²) in [7, 11) is 0. The molecule has 0 heterocycles. The lowest BCUT2D eigenvalue weighted by Gasteiger charge is -2.31. The van der Waals surface area contributed by atoms with Crippen LogP contribution in [0.25, 0.3) is 0 Å². The van der Waals surface area contributed by atoms with Gasteiger partial charge in [-0.05, 0) is 63.1 Å². The van der Waals surface area contributed by atoms with Gasteiger partial charge in [-0.3, -0.25) is 9.59 Å². The third-order valence-electron chi connectivity index (χ3n) is 4.47. The van der Waals surface area contributed by atoms with Crippen molar-refractivity contribution in [3.05, 3.63) is 68.1 Å². The Kier molecular flexibility index (Phi) is 9.74. The topological polar surface area (TPSA) is 49.4 Å². The van der Waals surface area contributed by atoms with Crippen molar-refractivity contribution in [1.82, 2.24) is 10.2 Å². The van der Waals surface area contributed by atoms with Crippen molar-refractivity contribution in [2.24, 2.45) is 0 Å². The molecule has 2 amide bonds. The zero-order valence-corrected chi connectivity index (χ0v) is 22.0. The van der Waals surface area contributed by atoms with E-state index in [0.717, 1.165) is 15.6 Å². The Morgan fingerprint density at radius 2 is 1.68 bits per heavy atom. The van der Waals surface area contributed by atoms with Crippen LogP contribution in [0.5, 0.6) is 0 Å². The fourth-order valence-electron chi connectivity index (χ4n) is 2.84. The molecule has 0 spiro atoms. The Bertz CT molecular complexity index is 897. The van der Waals surface area contributed by atoms with Gasteiger partial charge in [-0.2, -0.15) is 0 Å². The van der Waals surface area contributed by atoms with E-state index >= 15 is 0 Å². The van der Waals surface area contributed by atoms with Crippen molar-refractivity contribution in [2.45, 2.75) is 51.6 Å². The molecule has 8 heteroatoms. The summed E-state index contributed by atoms with van der Waals surface area (Å²) in [6, 6.07) is 12.5. The van der Waals surface area contributed by atoms with E-state index in [1.807, 2.05) is 45.0 Å². The molecule has 1 atom stereocenters. The van der Waals surface area contributed by atoms with E-state index < -0.39 is 6.04 Å². The van der Waals surface area contributed by atoms with Gasteiger partial charge in [0.1, 0.15) is 6.04 Å². The zero-order chi connectivity index (χ0) is 23.2. The van der Waals surface area contributed by atoms with Crippen LogP contribution < -0.4 is 5.32 Å². The fraction of sp³-hybridized carbons (Fsp3) is 0.391. The van der Waals surface area contributed by atoms with Crippen molar-refractivity contribution in [3.8, 4) is 0 Å². The van der Waals surface area contributed by atoms with Crippen LogP contribution in [0.4, 0.5) is 0 Å². The van der Waals surface area contributed by atoms with Crippen LogP contribution in [0.15, 0.2) is 46.9 Å². The average Bonchev–Trinajstić information content (AvgIpc) is 2.67. The summed E-state index contributed by atoms with van der Waals surface area (Å²) >= 11 is 17.3. The molecular weight excluding hydrogens is 519 g/mol. The highest BCUT2D eigenvalue weighted by atomic mass is 79.9. The van der Waals surface area contributed by atoms with Crippen LogP contribution in [-0.2, 0) is 21.9 Å². The minimum absolute atomic E-state index is 0.118.